The van der Waals surface area contributed by atoms with Gasteiger partial charge < -0.3 is 19.9 Å². The Morgan fingerprint density at radius 2 is 1.79 bits per heavy atom. The van der Waals surface area contributed by atoms with Gasteiger partial charge >= 0.3 is 5.97 Å². The molecule has 34 heavy (non-hydrogen) atoms. The number of ether oxygens (including phenoxy) is 3. The summed E-state index contributed by atoms with van der Waals surface area (Å²) in [7, 11) is 4.32. The topological polar surface area (TPSA) is 117 Å². The summed E-state index contributed by atoms with van der Waals surface area (Å²) in [6.07, 6.45) is 1.71. The van der Waals surface area contributed by atoms with Gasteiger partial charge in [0.05, 0.1) is 43.2 Å². The number of fused-ring (bicyclic) bond motifs is 1. The van der Waals surface area contributed by atoms with Crippen LogP contribution >= 0.6 is 11.3 Å². The summed E-state index contributed by atoms with van der Waals surface area (Å²) in [6, 6.07) is 15.5. The van der Waals surface area contributed by atoms with E-state index in [0.717, 1.165) is 16.9 Å². The van der Waals surface area contributed by atoms with Crippen LogP contribution in [0.25, 0.3) is 11.6 Å². The van der Waals surface area contributed by atoms with E-state index in [1.807, 2.05) is 12.1 Å². The van der Waals surface area contributed by atoms with Crippen LogP contribution in [0.3, 0.4) is 0 Å². The molecule has 1 aliphatic rings. The first-order valence-corrected chi connectivity index (χ1v) is 11.0. The third-order valence-corrected chi connectivity index (χ3v) is 6.58. The average Bonchev–Trinajstić information content (AvgIpc) is 3.17. The van der Waals surface area contributed by atoms with Gasteiger partial charge in [-0.15, -0.1) is 11.3 Å². The molecular weight excluding hydrogens is 454 g/mol. The lowest BCUT2D eigenvalue weighted by molar-refractivity contribution is -0.133. The smallest absolute Gasteiger partial charge is 0.343 e. The van der Waals surface area contributed by atoms with Gasteiger partial charge in [0.2, 0.25) is 0 Å². The number of esters is 1. The molecule has 0 unspecified atom stereocenters. The van der Waals surface area contributed by atoms with E-state index < -0.39 is 12.0 Å². The molecule has 0 aliphatic carbocycles. The number of nitrogens with zero attached hydrogens (tertiary/aromatic N) is 2. The van der Waals surface area contributed by atoms with Crippen molar-refractivity contribution in [1.82, 2.24) is 4.57 Å². The maximum Gasteiger partial charge on any atom is 0.343 e. The summed E-state index contributed by atoms with van der Waals surface area (Å²) in [5, 5.41) is 9.99. The number of hydrogen-bond donors (Lipinski definition) is 1. The zero-order valence-corrected chi connectivity index (χ0v) is 19.5. The minimum atomic E-state index is -0.834. The van der Waals surface area contributed by atoms with Crippen molar-refractivity contribution in [3.8, 4) is 17.6 Å². The van der Waals surface area contributed by atoms with E-state index in [-0.39, 0.29) is 22.4 Å². The van der Waals surface area contributed by atoms with Crippen molar-refractivity contribution >= 4 is 29.0 Å². The quantitative estimate of drug-likeness (QED) is 0.555. The molecule has 0 saturated heterocycles. The monoisotopic (exact) mass is 475 g/mol. The molecule has 0 bridgehead atoms. The summed E-state index contributed by atoms with van der Waals surface area (Å²) in [5.74, 6) is 0.477. The third kappa shape index (κ3) is 3.84. The molecule has 0 fully saturated rings. The number of methoxy groups -OCH3 is 3. The number of thiazole rings is 1. The molecule has 0 saturated carbocycles. The number of carbonyl (C=O) groups is 1. The van der Waals surface area contributed by atoms with Crippen LogP contribution in [0, 0.1) is 11.3 Å². The lowest BCUT2D eigenvalue weighted by atomic mass is 9.93. The summed E-state index contributed by atoms with van der Waals surface area (Å²) in [6.45, 7) is 0. The predicted molar refractivity (Wildman–Crippen MR) is 128 cm³/mol. The van der Waals surface area contributed by atoms with E-state index in [9.17, 15) is 14.9 Å². The second-order valence-electron chi connectivity index (χ2n) is 7.35. The Morgan fingerprint density at radius 1 is 1.12 bits per heavy atom. The maximum absolute atomic E-state index is 13.7. The standard InChI is InChI=1S/C25H21N3O5S/c1-31-16-8-4-6-14(10-16)11-19-23(29)28-22(15-7-5-9-17(12-15)32-2)18(13-26)21(27)20(24(28)34-19)25(30)33-3/h4-12,22H,27H2,1-3H3/b19-11+/t22-/m1/s1. The number of aromatic nitrogens is 1. The van der Waals surface area contributed by atoms with Gasteiger partial charge in [0.1, 0.15) is 27.8 Å². The molecule has 8 nitrogen and oxygen atoms in total. The second-order valence-corrected chi connectivity index (χ2v) is 8.38. The van der Waals surface area contributed by atoms with Crippen molar-refractivity contribution in [2.24, 2.45) is 5.73 Å². The van der Waals surface area contributed by atoms with E-state index in [0.29, 0.717) is 26.3 Å². The summed E-state index contributed by atoms with van der Waals surface area (Å²) in [4.78, 5) is 26.3. The molecule has 9 heteroatoms. The van der Waals surface area contributed by atoms with E-state index in [2.05, 4.69) is 6.07 Å². The molecule has 2 N–H and O–H groups in total. The van der Waals surface area contributed by atoms with E-state index in [1.165, 1.54) is 18.8 Å². The molecule has 2 heterocycles. The fraction of sp³-hybridized carbons (Fsp3) is 0.160. The molecule has 1 atom stereocenters. The Balaban J connectivity index is 2.08. The lowest BCUT2D eigenvalue weighted by Crippen LogP contribution is -2.41. The van der Waals surface area contributed by atoms with Crippen LogP contribution in [0.15, 0.2) is 64.6 Å². The van der Waals surface area contributed by atoms with Crippen LogP contribution in [0.1, 0.15) is 17.2 Å². The Morgan fingerprint density at radius 3 is 2.44 bits per heavy atom. The first-order chi connectivity index (χ1) is 16.4. The normalized spacial score (nSPS) is 15.5. The Kier molecular flexibility index (Phi) is 6.25. The van der Waals surface area contributed by atoms with Gasteiger partial charge in [0.25, 0.3) is 5.56 Å². The third-order valence-electron chi connectivity index (χ3n) is 5.47. The summed E-state index contributed by atoms with van der Waals surface area (Å²) >= 11 is 1.11. The molecule has 172 valence electrons. The molecule has 0 radical (unpaired) electrons. The number of rotatable bonds is 5. The van der Waals surface area contributed by atoms with E-state index in [1.54, 1.807) is 49.6 Å². The highest BCUT2D eigenvalue weighted by Gasteiger charge is 2.34. The fourth-order valence-corrected chi connectivity index (χ4v) is 5.03. The van der Waals surface area contributed by atoms with Gasteiger partial charge in [0, 0.05) is 0 Å². The number of benzene rings is 2. The van der Waals surface area contributed by atoms with Gasteiger partial charge in [0.15, 0.2) is 0 Å². The van der Waals surface area contributed by atoms with Crippen LogP contribution in [-0.2, 0) is 9.53 Å². The molecular formula is C25H21N3O5S. The van der Waals surface area contributed by atoms with Crippen LogP contribution in [0.5, 0.6) is 11.5 Å². The lowest BCUT2D eigenvalue weighted by Gasteiger charge is -2.25. The zero-order valence-electron chi connectivity index (χ0n) is 18.7. The largest absolute Gasteiger partial charge is 0.497 e. The highest BCUT2D eigenvalue weighted by atomic mass is 32.1. The molecule has 2 aromatic carbocycles. The summed E-state index contributed by atoms with van der Waals surface area (Å²) in [5.41, 5.74) is 7.38. The van der Waals surface area contributed by atoms with Crippen LogP contribution in [0.2, 0.25) is 0 Å². The van der Waals surface area contributed by atoms with Crippen LogP contribution in [-0.4, -0.2) is 31.9 Å². The molecule has 3 aromatic rings. The molecule has 1 aliphatic heterocycles. The van der Waals surface area contributed by atoms with Crippen molar-refractivity contribution in [2.75, 3.05) is 21.3 Å². The zero-order chi connectivity index (χ0) is 24.4. The maximum atomic E-state index is 13.7. The number of nitrogens with two attached hydrogens (primary N) is 1. The van der Waals surface area contributed by atoms with Crippen molar-refractivity contribution in [3.05, 3.63) is 90.5 Å². The minimum Gasteiger partial charge on any atom is -0.497 e. The fourth-order valence-electron chi connectivity index (χ4n) is 3.86. The van der Waals surface area contributed by atoms with E-state index in [4.69, 9.17) is 19.9 Å². The molecule has 4 rings (SSSR count). The van der Waals surface area contributed by atoms with Gasteiger partial charge in [-0.25, -0.2) is 4.79 Å². The second kappa shape index (κ2) is 9.29. The van der Waals surface area contributed by atoms with Gasteiger partial charge in [-0.2, -0.15) is 5.26 Å². The highest BCUT2D eigenvalue weighted by Crippen LogP contribution is 2.32. The number of nitriles is 1. The van der Waals surface area contributed by atoms with Crippen molar-refractivity contribution < 1.29 is 19.0 Å². The van der Waals surface area contributed by atoms with Crippen molar-refractivity contribution in [3.63, 3.8) is 0 Å². The van der Waals surface area contributed by atoms with Gasteiger partial charge in [-0.3, -0.25) is 9.36 Å². The molecule has 1 aromatic heterocycles. The number of hydrogen-bond acceptors (Lipinski definition) is 8. The minimum absolute atomic E-state index is 0.00871. The Bertz CT molecular complexity index is 1540. The van der Waals surface area contributed by atoms with Gasteiger partial charge in [-0.05, 0) is 41.5 Å². The first kappa shape index (κ1) is 22.9. The summed E-state index contributed by atoms with van der Waals surface area (Å²) < 4.78 is 17.6. The molecule has 0 spiro atoms. The van der Waals surface area contributed by atoms with Crippen LogP contribution in [0.4, 0.5) is 0 Å². The number of allylic oxidation sites excluding steroid dienone is 1. The van der Waals surface area contributed by atoms with Crippen molar-refractivity contribution in [2.45, 2.75) is 6.04 Å². The Hall–Kier alpha value is -4.29. The first-order valence-electron chi connectivity index (χ1n) is 10.2. The predicted octanol–water partition coefficient (Wildman–Crippen LogP) is 1.42. The highest BCUT2D eigenvalue weighted by molar-refractivity contribution is 7.07. The van der Waals surface area contributed by atoms with Crippen molar-refractivity contribution in [1.29, 1.82) is 5.26 Å². The molecule has 0 amide bonds. The SMILES string of the molecule is COC(=O)C1=c2s/c(=C/c3cccc(OC)c3)c(=O)n2[C@H](c2cccc(OC)c2)C(C#N)=C1N. The average molecular weight is 476 g/mol. The number of carbonyl (C=O) groups excluding carboxylic acids is 1. The van der Waals surface area contributed by atoms with Gasteiger partial charge in [-0.1, -0.05) is 24.3 Å². The van der Waals surface area contributed by atoms with Crippen LogP contribution < -0.4 is 30.0 Å². The Labute approximate surface area is 199 Å². The van der Waals surface area contributed by atoms with E-state index >= 15 is 0 Å².